The van der Waals surface area contributed by atoms with Crippen molar-refractivity contribution in [1.29, 1.82) is 0 Å². The van der Waals surface area contributed by atoms with Gasteiger partial charge in [-0.3, -0.25) is 14.6 Å². The van der Waals surface area contributed by atoms with Crippen LogP contribution in [0.25, 0.3) is 11.0 Å². The van der Waals surface area contributed by atoms with Crippen LogP contribution in [0, 0.1) is 6.92 Å². The number of hydrogen-bond acceptors (Lipinski definition) is 5. The number of H-pyrrole nitrogens is 1. The Balaban J connectivity index is 1.52. The van der Waals surface area contributed by atoms with Crippen LogP contribution >= 0.6 is 0 Å². The summed E-state index contributed by atoms with van der Waals surface area (Å²) in [6.45, 7) is 2.39. The summed E-state index contributed by atoms with van der Waals surface area (Å²) in [5, 5.41) is 3.38. The zero-order chi connectivity index (χ0) is 18.8. The van der Waals surface area contributed by atoms with Crippen LogP contribution < -0.4 is 10.7 Å². The van der Waals surface area contributed by atoms with E-state index in [0.717, 1.165) is 11.3 Å². The Hall–Kier alpha value is -3.06. The molecule has 1 aliphatic heterocycles. The maximum Gasteiger partial charge on any atom is 0.256 e. The number of rotatable bonds is 3. The molecule has 4 heterocycles. The molecule has 1 fully saturated rings. The van der Waals surface area contributed by atoms with Gasteiger partial charge in [0, 0.05) is 36.9 Å². The quantitative estimate of drug-likeness (QED) is 0.743. The topological polar surface area (TPSA) is 97.0 Å². The summed E-state index contributed by atoms with van der Waals surface area (Å²) < 4.78 is 5.81. The first-order valence-electron chi connectivity index (χ1n) is 8.93. The van der Waals surface area contributed by atoms with Gasteiger partial charge < -0.3 is 15.0 Å². The van der Waals surface area contributed by atoms with E-state index in [0.29, 0.717) is 30.5 Å². The number of aromatic nitrogens is 3. The number of amides is 1. The van der Waals surface area contributed by atoms with Crippen LogP contribution in [0.1, 0.15) is 40.6 Å². The Morgan fingerprint density at radius 3 is 3.04 bits per heavy atom. The van der Waals surface area contributed by atoms with Crippen molar-refractivity contribution in [2.45, 2.75) is 31.9 Å². The number of hydrogen-bond donors (Lipinski definition) is 2. The molecule has 7 heteroatoms. The first kappa shape index (κ1) is 17.4. The molecular formula is C20H20N4O3. The van der Waals surface area contributed by atoms with Crippen LogP contribution in [0.2, 0.25) is 0 Å². The number of pyridine rings is 3. The molecule has 3 aromatic heterocycles. The number of aryl methyl sites for hydroxylation is 1. The fourth-order valence-corrected chi connectivity index (χ4v) is 3.36. The molecule has 1 amide bonds. The van der Waals surface area contributed by atoms with Crippen molar-refractivity contribution in [3.05, 3.63) is 69.9 Å². The Morgan fingerprint density at radius 2 is 2.22 bits per heavy atom. The molecule has 0 spiro atoms. The van der Waals surface area contributed by atoms with Crippen molar-refractivity contribution in [1.82, 2.24) is 20.3 Å². The summed E-state index contributed by atoms with van der Waals surface area (Å²) in [5.41, 5.74) is 2.06. The Labute approximate surface area is 155 Å². The number of fused-ring (bicyclic) bond motifs is 1. The number of carbonyl (C=O) groups is 1. The second-order valence-electron chi connectivity index (χ2n) is 6.72. The zero-order valence-electron chi connectivity index (χ0n) is 14.9. The predicted molar refractivity (Wildman–Crippen MR) is 101 cm³/mol. The lowest BCUT2D eigenvalue weighted by Gasteiger charge is -2.30. The van der Waals surface area contributed by atoms with Crippen molar-refractivity contribution >= 4 is 16.9 Å². The molecular weight excluding hydrogens is 344 g/mol. The van der Waals surface area contributed by atoms with Gasteiger partial charge in [-0.05, 0) is 43.5 Å². The SMILES string of the molecule is Cc1ccc2c(=O)c(C(=O)NC3CCOC(c4cccnc4)C3)c[nH]c2n1. The van der Waals surface area contributed by atoms with Gasteiger partial charge in [0.2, 0.25) is 5.43 Å². The van der Waals surface area contributed by atoms with Crippen molar-refractivity contribution in [2.75, 3.05) is 6.61 Å². The van der Waals surface area contributed by atoms with Crippen LogP contribution in [-0.2, 0) is 4.74 Å². The van der Waals surface area contributed by atoms with Gasteiger partial charge in [0.15, 0.2) is 0 Å². The summed E-state index contributed by atoms with van der Waals surface area (Å²) >= 11 is 0. The van der Waals surface area contributed by atoms with Crippen molar-refractivity contribution in [2.24, 2.45) is 0 Å². The molecule has 2 atom stereocenters. The van der Waals surface area contributed by atoms with E-state index in [1.807, 2.05) is 19.1 Å². The molecule has 2 N–H and O–H groups in total. The van der Waals surface area contributed by atoms with Crippen molar-refractivity contribution in [3.63, 3.8) is 0 Å². The van der Waals surface area contributed by atoms with E-state index in [2.05, 4.69) is 20.3 Å². The molecule has 3 aromatic rings. The Morgan fingerprint density at radius 1 is 1.33 bits per heavy atom. The highest BCUT2D eigenvalue weighted by Crippen LogP contribution is 2.27. The molecule has 1 saturated heterocycles. The summed E-state index contributed by atoms with van der Waals surface area (Å²) in [5.74, 6) is -0.379. The lowest BCUT2D eigenvalue weighted by Crippen LogP contribution is -2.41. The Bertz CT molecular complexity index is 1030. The molecule has 0 saturated carbocycles. The first-order chi connectivity index (χ1) is 13.1. The molecule has 0 radical (unpaired) electrons. The number of carbonyl (C=O) groups excluding carboxylic acids is 1. The van der Waals surface area contributed by atoms with Gasteiger partial charge in [-0.1, -0.05) is 6.07 Å². The second kappa shape index (κ2) is 7.28. The van der Waals surface area contributed by atoms with E-state index >= 15 is 0 Å². The van der Waals surface area contributed by atoms with Crippen LogP contribution in [0.5, 0.6) is 0 Å². The lowest BCUT2D eigenvalue weighted by molar-refractivity contribution is 0.000717. The minimum atomic E-state index is -0.379. The number of ether oxygens (including phenoxy) is 1. The highest BCUT2D eigenvalue weighted by atomic mass is 16.5. The van der Waals surface area contributed by atoms with Crippen LogP contribution in [0.15, 0.2) is 47.7 Å². The van der Waals surface area contributed by atoms with E-state index in [-0.39, 0.29) is 29.0 Å². The zero-order valence-corrected chi connectivity index (χ0v) is 14.9. The third kappa shape index (κ3) is 3.59. The average molecular weight is 364 g/mol. The van der Waals surface area contributed by atoms with E-state index < -0.39 is 0 Å². The maximum absolute atomic E-state index is 12.7. The lowest BCUT2D eigenvalue weighted by atomic mass is 9.98. The third-order valence-corrected chi connectivity index (χ3v) is 4.80. The Kier molecular flexibility index (Phi) is 4.68. The van der Waals surface area contributed by atoms with E-state index in [9.17, 15) is 9.59 Å². The normalized spacial score (nSPS) is 19.7. The van der Waals surface area contributed by atoms with Gasteiger partial charge >= 0.3 is 0 Å². The minimum Gasteiger partial charge on any atom is -0.373 e. The van der Waals surface area contributed by atoms with E-state index in [1.165, 1.54) is 6.20 Å². The molecule has 0 aliphatic carbocycles. The number of nitrogens with one attached hydrogen (secondary N) is 2. The standard InChI is InChI=1S/C20H20N4O3/c1-12-4-5-15-18(25)16(11-22-19(15)23-12)20(26)24-14-6-8-27-17(9-14)13-3-2-7-21-10-13/h2-5,7,10-11,14,17H,6,8-9H2,1H3,(H,24,26)(H,22,23,25). The van der Waals surface area contributed by atoms with Crippen LogP contribution in [0.3, 0.4) is 0 Å². The highest BCUT2D eigenvalue weighted by Gasteiger charge is 2.26. The van der Waals surface area contributed by atoms with Crippen LogP contribution in [0.4, 0.5) is 0 Å². The summed E-state index contributed by atoms with van der Waals surface area (Å²) in [4.78, 5) is 36.7. The van der Waals surface area contributed by atoms with E-state index in [1.54, 1.807) is 24.5 Å². The second-order valence-corrected chi connectivity index (χ2v) is 6.72. The summed E-state index contributed by atoms with van der Waals surface area (Å²) in [7, 11) is 0. The third-order valence-electron chi connectivity index (χ3n) is 4.80. The van der Waals surface area contributed by atoms with Gasteiger partial charge in [-0.2, -0.15) is 0 Å². The smallest absolute Gasteiger partial charge is 0.256 e. The predicted octanol–water partition coefficient (Wildman–Crippen LogP) is 2.28. The van der Waals surface area contributed by atoms with Gasteiger partial charge in [0.25, 0.3) is 5.91 Å². The van der Waals surface area contributed by atoms with Crippen molar-refractivity contribution < 1.29 is 9.53 Å². The number of aromatic amines is 1. The molecule has 4 rings (SSSR count). The monoisotopic (exact) mass is 364 g/mol. The molecule has 0 aromatic carbocycles. The maximum atomic E-state index is 12.7. The largest absolute Gasteiger partial charge is 0.373 e. The van der Waals surface area contributed by atoms with Gasteiger partial charge in [-0.15, -0.1) is 0 Å². The molecule has 7 nitrogen and oxygen atoms in total. The van der Waals surface area contributed by atoms with Crippen LogP contribution in [-0.4, -0.2) is 33.5 Å². The number of nitrogens with zero attached hydrogens (tertiary/aromatic N) is 2. The first-order valence-corrected chi connectivity index (χ1v) is 8.93. The minimum absolute atomic E-state index is 0.0669. The molecule has 27 heavy (non-hydrogen) atoms. The summed E-state index contributed by atoms with van der Waals surface area (Å²) in [6.07, 6.45) is 6.16. The van der Waals surface area contributed by atoms with Gasteiger partial charge in [0.1, 0.15) is 11.2 Å². The molecule has 138 valence electrons. The van der Waals surface area contributed by atoms with Gasteiger partial charge in [-0.25, -0.2) is 4.98 Å². The average Bonchev–Trinajstić information content (AvgIpc) is 2.69. The fraction of sp³-hybridized carbons (Fsp3) is 0.300. The molecule has 1 aliphatic rings. The summed E-state index contributed by atoms with van der Waals surface area (Å²) in [6, 6.07) is 7.22. The highest BCUT2D eigenvalue weighted by molar-refractivity contribution is 5.96. The fourth-order valence-electron chi connectivity index (χ4n) is 3.36. The van der Waals surface area contributed by atoms with E-state index in [4.69, 9.17) is 4.74 Å². The van der Waals surface area contributed by atoms with Gasteiger partial charge in [0.05, 0.1) is 11.5 Å². The molecule has 0 bridgehead atoms. The van der Waals surface area contributed by atoms with Crippen molar-refractivity contribution in [3.8, 4) is 0 Å². The molecule has 2 unspecified atom stereocenters.